The first-order valence-corrected chi connectivity index (χ1v) is 7.94. The molecule has 0 unspecified atom stereocenters. The highest BCUT2D eigenvalue weighted by Crippen LogP contribution is 2.20. The van der Waals surface area contributed by atoms with Crippen molar-refractivity contribution in [3.05, 3.63) is 38.5 Å². The molecular formula is C13H16N4S2. The van der Waals surface area contributed by atoms with Gasteiger partial charge in [-0.1, -0.05) is 0 Å². The molecule has 4 nitrogen and oxygen atoms in total. The molecule has 0 aliphatic heterocycles. The lowest BCUT2D eigenvalue weighted by Crippen LogP contribution is -2.15. The van der Waals surface area contributed by atoms with Crippen LogP contribution in [0, 0.1) is 20.8 Å². The molecule has 0 aliphatic rings. The number of aryl methyl sites for hydroxylation is 3. The van der Waals surface area contributed by atoms with E-state index in [1.54, 1.807) is 22.7 Å². The molecular weight excluding hydrogens is 276 g/mol. The van der Waals surface area contributed by atoms with Gasteiger partial charge in [-0.25, -0.2) is 9.97 Å². The van der Waals surface area contributed by atoms with Gasteiger partial charge in [0.25, 0.3) is 0 Å². The molecule has 3 heterocycles. The van der Waals surface area contributed by atoms with Crippen molar-refractivity contribution in [2.45, 2.75) is 33.9 Å². The monoisotopic (exact) mass is 292 g/mol. The summed E-state index contributed by atoms with van der Waals surface area (Å²) in [4.78, 5) is 11.3. The molecule has 0 radical (unpaired) electrons. The van der Waals surface area contributed by atoms with Crippen LogP contribution in [0.15, 0.2) is 10.9 Å². The lowest BCUT2D eigenvalue weighted by molar-refractivity contribution is 0.674. The van der Waals surface area contributed by atoms with E-state index in [4.69, 9.17) is 0 Å². The van der Waals surface area contributed by atoms with Gasteiger partial charge in [-0.15, -0.1) is 22.7 Å². The maximum absolute atomic E-state index is 4.60. The lowest BCUT2D eigenvalue weighted by atomic mass is 10.3. The first kappa shape index (κ1) is 12.8. The van der Waals surface area contributed by atoms with Crippen LogP contribution >= 0.6 is 22.7 Å². The number of nitrogens with zero attached hydrogens (tertiary/aromatic N) is 3. The molecule has 0 spiro atoms. The normalized spacial score (nSPS) is 11.5. The zero-order valence-electron chi connectivity index (χ0n) is 11.2. The summed E-state index contributed by atoms with van der Waals surface area (Å²) >= 11 is 3.40. The van der Waals surface area contributed by atoms with E-state index in [0.29, 0.717) is 0 Å². The van der Waals surface area contributed by atoms with Crippen LogP contribution in [0.4, 0.5) is 0 Å². The fourth-order valence-corrected chi connectivity index (χ4v) is 3.84. The Morgan fingerprint density at radius 3 is 2.74 bits per heavy atom. The van der Waals surface area contributed by atoms with Crippen LogP contribution in [0.2, 0.25) is 0 Å². The van der Waals surface area contributed by atoms with Crippen molar-refractivity contribution in [3.63, 3.8) is 0 Å². The fraction of sp³-hybridized carbons (Fsp3) is 0.385. The lowest BCUT2D eigenvalue weighted by Gasteiger charge is -2.05. The summed E-state index contributed by atoms with van der Waals surface area (Å²) in [6.07, 6.45) is 0. The van der Waals surface area contributed by atoms with Crippen molar-refractivity contribution in [1.29, 1.82) is 0 Å². The van der Waals surface area contributed by atoms with E-state index in [9.17, 15) is 0 Å². The van der Waals surface area contributed by atoms with Crippen LogP contribution < -0.4 is 5.32 Å². The number of rotatable bonds is 4. The summed E-state index contributed by atoms with van der Waals surface area (Å²) in [5, 5.41) is 5.65. The SMILES string of the molecule is Cc1ncsc1CNCc1c(C)nc2scc(C)n12. The molecule has 0 aliphatic carbocycles. The third kappa shape index (κ3) is 2.31. The van der Waals surface area contributed by atoms with Gasteiger partial charge in [-0.05, 0) is 20.8 Å². The Morgan fingerprint density at radius 2 is 2.00 bits per heavy atom. The number of fused-ring (bicyclic) bond motifs is 1. The minimum absolute atomic E-state index is 0.835. The van der Waals surface area contributed by atoms with Gasteiger partial charge in [0.1, 0.15) is 0 Å². The minimum Gasteiger partial charge on any atom is -0.306 e. The molecule has 0 aromatic carbocycles. The number of imidazole rings is 1. The first-order valence-electron chi connectivity index (χ1n) is 6.18. The van der Waals surface area contributed by atoms with E-state index in [2.05, 4.69) is 45.8 Å². The summed E-state index contributed by atoms with van der Waals surface area (Å²) in [5.74, 6) is 0. The highest BCUT2D eigenvalue weighted by Gasteiger charge is 2.11. The summed E-state index contributed by atoms with van der Waals surface area (Å²) in [6.45, 7) is 7.96. The third-order valence-electron chi connectivity index (χ3n) is 3.25. The van der Waals surface area contributed by atoms with E-state index in [1.807, 2.05) is 5.51 Å². The molecule has 1 N–H and O–H groups in total. The van der Waals surface area contributed by atoms with Gasteiger partial charge < -0.3 is 5.32 Å². The predicted molar refractivity (Wildman–Crippen MR) is 79.9 cm³/mol. The number of hydrogen-bond donors (Lipinski definition) is 1. The van der Waals surface area contributed by atoms with Crippen molar-refractivity contribution in [2.75, 3.05) is 0 Å². The van der Waals surface area contributed by atoms with Crippen LogP contribution in [0.25, 0.3) is 4.96 Å². The molecule has 100 valence electrons. The van der Waals surface area contributed by atoms with Gasteiger partial charge in [0.05, 0.1) is 22.6 Å². The van der Waals surface area contributed by atoms with Gasteiger partial charge in [-0.3, -0.25) is 4.40 Å². The average molecular weight is 292 g/mol. The number of thiazole rings is 2. The molecule has 3 aromatic heterocycles. The van der Waals surface area contributed by atoms with Crippen LogP contribution in [0.5, 0.6) is 0 Å². The first-order chi connectivity index (χ1) is 9.16. The molecule has 0 amide bonds. The Balaban J connectivity index is 1.76. The summed E-state index contributed by atoms with van der Waals surface area (Å²) in [6, 6.07) is 0. The van der Waals surface area contributed by atoms with E-state index < -0.39 is 0 Å². The summed E-state index contributed by atoms with van der Waals surface area (Å²) in [7, 11) is 0. The van der Waals surface area contributed by atoms with Gasteiger partial charge in [0.2, 0.25) is 0 Å². The van der Waals surface area contributed by atoms with Crippen LogP contribution in [0.1, 0.15) is 27.7 Å². The Hall–Kier alpha value is -1.24. The largest absolute Gasteiger partial charge is 0.306 e. The topological polar surface area (TPSA) is 42.2 Å². The fourth-order valence-electron chi connectivity index (χ4n) is 2.17. The van der Waals surface area contributed by atoms with Gasteiger partial charge in [-0.2, -0.15) is 0 Å². The Morgan fingerprint density at radius 1 is 1.16 bits per heavy atom. The standard InChI is InChI=1S/C13H16N4S2/c1-8-6-18-13-16-9(2)11(17(8)13)4-14-5-12-10(3)15-7-19-12/h6-7,14H,4-5H2,1-3H3. The molecule has 0 atom stereocenters. The van der Waals surface area contributed by atoms with Gasteiger partial charge in [0.15, 0.2) is 4.96 Å². The molecule has 3 rings (SSSR count). The Bertz CT molecular complexity index is 707. The molecule has 0 bridgehead atoms. The number of nitrogens with one attached hydrogen (secondary N) is 1. The molecule has 6 heteroatoms. The zero-order valence-corrected chi connectivity index (χ0v) is 12.9. The maximum Gasteiger partial charge on any atom is 0.194 e. The van der Waals surface area contributed by atoms with Gasteiger partial charge in [0, 0.05) is 29.0 Å². The highest BCUT2D eigenvalue weighted by molar-refractivity contribution is 7.15. The van der Waals surface area contributed by atoms with E-state index in [1.165, 1.54) is 16.3 Å². The highest BCUT2D eigenvalue weighted by atomic mass is 32.1. The van der Waals surface area contributed by atoms with Crippen molar-refractivity contribution in [2.24, 2.45) is 0 Å². The minimum atomic E-state index is 0.835. The maximum atomic E-state index is 4.60. The molecule has 0 saturated carbocycles. The van der Waals surface area contributed by atoms with E-state index in [-0.39, 0.29) is 0 Å². The molecule has 19 heavy (non-hydrogen) atoms. The molecule has 0 fully saturated rings. The smallest absolute Gasteiger partial charge is 0.194 e. The van der Waals surface area contributed by atoms with Crippen molar-refractivity contribution in [3.8, 4) is 0 Å². The molecule has 0 saturated heterocycles. The number of aromatic nitrogens is 3. The zero-order chi connectivity index (χ0) is 13.4. The summed E-state index contributed by atoms with van der Waals surface area (Å²) in [5.41, 5.74) is 6.66. The number of hydrogen-bond acceptors (Lipinski definition) is 5. The quantitative estimate of drug-likeness (QED) is 0.803. The molecule has 3 aromatic rings. The van der Waals surface area contributed by atoms with E-state index in [0.717, 1.165) is 29.4 Å². The third-order valence-corrected chi connectivity index (χ3v) is 5.13. The van der Waals surface area contributed by atoms with Crippen molar-refractivity contribution < 1.29 is 0 Å². The van der Waals surface area contributed by atoms with Crippen LogP contribution in [-0.4, -0.2) is 14.4 Å². The van der Waals surface area contributed by atoms with Crippen molar-refractivity contribution in [1.82, 2.24) is 19.7 Å². The Kier molecular flexibility index (Phi) is 3.38. The van der Waals surface area contributed by atoms with Crippen LogP contribution in [-0.2, 0) is 13.1 Å². The van der Waals surface area contributed by atoms with Gasteiger partial charge >= 0.3 is 0 Å². The second-order valence-electron chi connectivity index (χ2n) is 4.60. The van der Waals surface area contributed by atoms with E-state index >= 15 is 0 Å². The van der Waals surface area contributed by atoms with Crippen LogP contribution in [0.3, 0.4) is 0 Å². The second kappa shape index (κ2) is 5.03. The summed E-state index contributed by atoms with van der Waals surface area (Å²) < 4.78 is 2.24. The second-order valence-corrected chi connectivity index (χ2v) is 6.38. The van der Waals surface area contributed by atoms with Crippen molar-refractivity contribution >= 4 is 27.6 Å². The Labute approximate surface area is 120 Å². The average Bonchev–Trinajstić information content (AvgIpc) is 3.01. The predicted octanol–water partition coefficient (Wildman–Crippen LogP) is 3.07.